The first-order valence-corrected chi connectivity index (χ1v) is 14.5. The van der Waals surface area contributed by atoms with Crippen molar-refractivity contribution in [1.82, 2.24) is 19.9 Å². The van der Waals surface area contributed by atoms with E-state index in [1.165, 1.54) is 11.1 Å². The summed E-state index contributed by atoms with van der Waals surface area (Å²) in [6, 6.07) is 29.8. The summed E-state index contributed by atoms with van der Waals surface area (Å²) < 4.78 is 0. The van der Waals surface area contributed by atoms with Gasteiger partial charge in [-0.2, -0.15) is 0 Å². The van der Waals surface area contributed by atoms with E-state index in [0.29, 0.717) is 0 Å². The van der Waals surface area contributed by atoms with E-state index in [1.807, 2.05) is 49.1 Å². The van der Waals surface area contributed by atoms with Crippen LogP contribution in [0.2, 0.25) is 0 Å². The highest BCUT2D eigenvalue weighted by molar-refractivity contribution is 5.88. The van der Waals surface area contributed by atoms with Crippen LogP contribution in [-0.2, 0) is 10.8 Å². The maximum absolute atomic E-state index is 5.32. The highest BCUT2D eigenvalue weighted by Gasteiger charge is 2.27. The molecule has 6 aromatic rings. The third-order valence-corrected chi connectivity index (χ3v) is 7.76. The minimum absolute atomic E-state index is 0.0215. The van der Waals surface area contributed by atoms with E-state index in [0.717, 1.165) is 55.8 Å². The molecule has 0 N–H and O–H groups in total. The maximum Gasteiger partial charge on any atom is 0.0973 e. The van der Waals surface area contributed by atoms with Crippen molar-refractivity contribution in [3.05, 3.63) is 121 Å². The van der Waals surface area contributed by atoms with Gasteiger partial charge in [-0.1, -0.05) is 90.1 Å². The molecule has 4 heteroatoms. The van der Waals surface area contributed by atoms with E-state index >= 15 is 0 Å². The topological polar surface area (TPSA) is 51.6 Å². The van der Waals surface area contributed by atoms with Gasteiger partial charge in [0.25, 0.3) is 0 Å². The van der Waals surface area contributed by atoms with Gasteiger partial charge in [0.1, 0.15) is 0 Å². The average Bonchev–Trinajstić information content (AvgIpc) is 3.00. The summed E-state index contributed by atoms with van der Waals surface area (Å²) >= 11 is 0. The van der Waals surface area contributed by atoms with Crippen LogP contribution in [0.15, 0.2) is 110 Å². The second-order valence-electron chi connectivity index (χ2n) is 12.9. The zero-order valence-electron chi connectivity index (χ0n) is 25.2. The molecule has 0 aliphatic rings. The Balaban J connectivity index is 1.55. The van der Waals surface area contributed by atoms with Gasteiger partial charge in [0.05, 0.1) is 22.4 Å². The first kappa shape index (κ1) is 27.5. The number of hydrogen-bond donors (Lipinski definition) is 0. The lowest BCUT2D eigenvalue weighted by Gasteiger charge is -2.30. The molecule has 0 amide bonds. The molecule has 0 aliphatic heterocycles. The van der Waals surface area contributed by atoms with Gasteiger partial charge in [0.15, 0.2) is 0 Å². The Kier molecular flexibility index (Phi) is 6.94. The minimum Gasteiger partial charge on any atom is -0.265 e. The lowest BCUT2D eigenvalue weighted by Crippen LogP contribution is -2.22. The van der Waals surface area contributed by atoms with Crippen LogP contribution < -0.4 is 0 Å². The normalized spacial score (nSPS) is 12.0. The number of fused-ring (bicyclic) bond motifs is 1. The molecule has 0 saturated carbocycles. The smallest absolute Gasteiger partial charge is 0.0973 e. The van der Waals surface area contributed by atoms with Crippen LogP contribution in [0.3, 0.4) is 0 Å². The summed E-state index contributed by atoms with van der Waals surface area (Å²) in [6.45, 7) is 13.6. The molecular weight excluding hydrogens is 512 g/mol. The van der Waals surface area contributed by atoms with Gasteiger partial charge >= 0.3 is 0 Å². The highest BCUT2D eigenvalue weighted by Crippen LogP contribution is 2.39. The number of benzene rings is 3. The Labute approximate surface area is 248 Å². The van der Waals surface area contributed by atoms with Crippen LogP contribution in [-0.4, -0.2) is 19.9 Å². The largest absolute Gasteiger partial charge is 0.265 e. The van der Waals surface area contributed by atoms with E-state index < -0.39 is 0 Å². The van der Waals surface area contributed by atoms with E-state index in [1.54, 1.807) is 0 Å². The average molecular weight is 549 g/mol. The van der Waals surface area contributed by atoms with Crippen molar-refractivity contribution in [3.8, 4) is 44.8 Å². The Morgan fingerprint density at radius 3 is 0.976 bits per heavy atom. The van der Waals surface area contributed by atoms with Gasteiger partial charge < -0.3 is 0 Å². The lowest BCUT2D eigenvalue weighted by atomic mass is 9.75. The van der Waals surface area contributed by atoms with E-state index in [9.17, 15) is 0 Å². The van der Waals surface area contributed by atoms with Crippen LogP contribution in [0, 0.1) is 0 Å². The maximum atomic E-state index is 5.32. The monoisotopic (exact) mass is 548 g/mol. The molecule has 208 valence electrons. The van der Waals surface area contributed by atoms with Crippen LogP contribution >= 0.6 is 0 Å². The van der Waals surface area contributed by atoms with Gasteiger partial charge in [-0.25, -0.2) is 9.97 Å². The number of hydrogen-bond acceptors (Lipinski definition) is 4. The number of rotatable bonds is 4. The molecule has 3 aromatic heterocycles. The fourth-order valence-electron chi connectivity index (χ4n) is 5.48. The summed E-state index contributed by atoms with van der Waals surface area (Å²) in [4.78, 5) is 19.0. The van der Waals surface area contributed by atoms with Gasteiger partial charge in [0, 0.05) is 35.9 Å². The molecule has 42 heavy (non-hydrogen) atoms. The highest BCUT2D eigenvalue weighted by atomic mass is 14.8. The zero-order valence-corrected chi connectivity index (χ0v) is 25.2. The van der Waals surface area contributed by atoms with Gasteiger partial charge in [0.2, 0.25) is 0 Å². The molecule has 0 atom stereocenters. The number of pyridine rings is 2. The van der Waals surface area contributed by atoms with Crippen LogP contribution in [0.4, 0.5) is 0 Å². The quantitative estimate of drug-likeness (QED) is 0.220. The Morgan fingerprint density at radius 1 is 0.381 bits per heavy atom. The predicted molar refractivity (Wildman–Crippen MR) is 174 cm³/mol. The molecular formula is C38H36N4. The van der Waals surface area contributed by atoms with Gasteiger partial charge in [-0.15, -0.1) is 0 Å². The first-order chi connectivity index (χ1) is 20.1. The molecule has 0 radical (unpaired) electrons. The fourth-order valence-corrected chi connectivity index (χ4v) is 5.48. The van der Waals surface area contributed by atoms with Crippen molar-refractivity contribution in [2.45, 2.75) is 52.4 Å². The van der Waals surface area contributed by atoms with Crippen molar-refractivity contribution in [2.24, 2.45) is 0 Å². The van der Waals surface area contributed by atoms with Crippen molar-refractivity contribution in [3.63, 3.8) is 0 Å². The Bertz CT molecular complexity index is 1710. The molecule has 0 bridgehead atoms. The molecule has 0 saturated heterocycles. The lowest BCUT2D eigenvalue weighted by molar-refractivity contribution is 0.531. The second kappa shape index (κ2) is 10.6. The van der Waals surface area contributed by atoms with Crippen LogP contribution in [0.25, 0.3) is 55.8 Å². The Hall–Kier alpha value is -4.70. The predicted octanol–water partition coefficient (Wildman–Crippen LogP) is 9.68. The number of nitrogens with zero attached hydrogens (tertiary/aromatic N) is 4. The summed E-state index contributed by atoms with van der Waals surface area (Å²) in [6.07, 6.45) is 7.30. The molecule has 6 rings (SSSR count). The third kappa shape index (κ3) is 5.45. The summed E-state index contributed by atoms with van der Waals surface area (Å²) in [5.41, 5.74) is 12.8. The molecule has 0 fully saturated rings. The zero-order chi connectivity index (χ0) is 29.5. The van der Waals surface area contributed by atoms with Crippen molar-refractivity contribution >= 4 is 11.0 Å². The molecule has 3 heterocycles. The molecule has 0 spiro atoms. The SMILES string of the molecule is CC(C)(C)c1cc2nc(-c3ccc(-c4ccncc4)cc3)c(-c3ccc(-c4ccncc4)cc3)nc2cc1C(C)(C)C. The van der Waals surface area contributed by atoms with Gasteiger partial charge in [-0.3, -0.25) is 9.97 Å². The Morgan fingerprint density at radius 2 is 0.667 bits per heavy atom. The summed E-state index contributed by atoms with van der Waals surface area (Å²) in [5, 5.41) is 0. The van der Waals surface area contributed by atoms with Crippen molar-refractivity contribution in [2.75, 3.05) is 0 Å². The molecule has 4 nitrogen and oxygen atoms in total. The van der Waals surface area contributed by atoms with Crippen molar-refractivity contribution in [1.29, 1.82) is 0 Å². The minimum atomic E-state index is -0.0215. The second-order valence-corrected chi connectivity index (χ2v) is 12.9. The molecule has 3 aromatic carbocycles. The fraction of sp³-hybridized carbons (Fsp3) is 0.211. The first-order valence-electron chi connectivity index (χ1n) is 14.5. The number of aromatic nitrogens is 4. The van der Waals surface area contributed by atoms with Gasteiger partial charge in [-0.05, 0) is 80.6 Å². The standard InChI is InChI=1S/C38H36N4/c1-37(2,3)31-23-33-34(24-32(31)38(4,5)6)42-36(30-13-9-26(10-14-30)28-17-21-40-22-18-28)35(41-33)29-11-7-25(8-12-29)27-15-19-39-20-16-27/h7-24H,1-6H3. The van der Waals surface area contributed by atoms with Crippen molar-refractivity contribution < 1.29 is 0 Å². The van der Waals surface area contributed by atoms with E-state index in [-0.39, 0.29) is 10.8 Å². The van der Waals surface area contributed by atoms with E-state index in [2.05, 4.69) is 112 Å². The van der Waals surface area contributed by atoms with Crippen LogP contribution in [0.1, 0.15) is 52.7 Å². The third-order valence-electron chi connectivity index (χ3n) is 7.76. The summed E-state index contributed by atoms with van der Waals surface area (Å²) in [7, 11) is 0. The molecule has 0 aliphatic carbocycles. The summed E-state index contributed by atoms with van der Waals surface area (Å²) in [5.74, 6) is 0. The van der Waals surface area contributed by atoms with Crippen LogP contribution in [0.5, 0.6) is 0 Å². The molecule has 0 unspecified atom stereocenters. The van der Waals surface area contributed by atoms with E-state index in [4.69, 9.17) is 9.97 Å².